The molecular weight excluding hydrogens is 212 g/mol. The van der Waals surface area contributed by atoms with Crippen LogP contribution in [-0.2, 0) is 6.54 Å². The quantitative estimate of drug-likeness (QED) is 0.877. The van der Waals surface area contributed by atoms with Crippen molar-refractivity contribution in [1.82, 2.24) is 14.5 Å². The molecule has 2 rings (SSSR count). The first-order chi connectivity index (χ1) is 8.20. The Balaban J connectivity index is 2.18. The molecule has 0 fully saturated rings. The van der Waals surface area contributed by atoms with Crippen molar-refractivity contribution in [2.24, 2.45) is 0 Å². The lowest BCUT2D eigenvalue weighted by Gasteiger charge is -2.08. The SMILES string of the molecule is CCNc1cc(Cn2cnc(C)c2C)ccn1. The number of nitrogens with zero attached hydrogens (tertiary/aromatic N) is 3. The number of aryl methyl sites for hydroxylation is 1. The second-order valence-electron chi connectivity index (χ2n) is 4.12. The van der Waals surface area contributed by atoms with E-state index in [9.17, 15) is 0 Å². The van der Waals surface area contributed by atoms with E-state index in [1.807, 2.05) is 25.5 Å². The summed E-state index contributed by atoms with van der Waals surface area (Å²) in [7, 11) is 0. The van der Waals surface area contributed by atoms with E-state index in [0.717, 1.165) is 24.6 Å². The molecule has 0 amide bonds. The van der Waals surface area contributed by atoms with Crippen molar-refractivity contribution >= 4 is 5.82 Å². The van der Waals surface area contributed by atoms with Crippen molar-refractivity contribution in [3.63, 3.8) is 0 Å². The van der Waals surface area contributed by atoms with Gasteiger partial charge >= 0.3 is 0 Å². The van der Waals surface area contributed by atoms with Crippen LogP contribution in [-0.4, -0.2) is 21.1 Å². The van der Waals surface area contributed by atoms with Crippen LogP contribution in [0.1, 0.15) is 23.9 Å². The number of imidazole rings is 1. The molecule has 0 unspecified atom stereocenters. The van der Waals surface area contributed by atoms with Crippen LogP contribution in [0.2, 0.25) is 0 Å². The number of pyridine rings is 1. The van der Waals surface area contributed by atoms with Gasteiger partial charge in [-0.25, -0.2) is 9.97 Å². The predicted molar refractivity (Wildman–Crippen MR) is 69.2 cm³/mol. The van der Waals surface area contributed by atoms with Crippen LogP contribution >= 0.6 is 0 Å². The molecule has 0 spiro atoms. The fourth-order valence-electron chi connectivity index (χ4n) is 1.75. The average molecular weight is 230 g/mol. The lowest BCUT2D eigenvalue weighted by Crippen LogP contribution is -2.03. The van der Waals surface area contributed by atoms with E-state index in [0.29, 0.717) is 0 Å². The molecule has 17 heavy (non-hydrogen) atoms. The largest absolute Gasteiger partial charge is 0.370 e. The van der Waals surface area contributed by atoms with Gasteiger partial charge in [-0.2, -0.15) is 0 Å². The summed E-state index contributed by atoms with van der Waals surface area (Å²) < 4.78 is 2.15. The number of hydrogen-bond acceptors (Lipinski definition) is 3. The Bertz CT molecular complexity index is 502. The van der Waals surface area contributed by atoms with Crippen LogP contribution in [0.15, 0.2) is 24.7 Å². The van der Waals surface area contributed by atoms with Crippen LogP contribution in [0, 0.1) is 13.8 Å². The minimum Gasteiger partial charge on any atom is -0.370 e. The van der Waals surface area contributed by atoms with E-state index in [4.69, 9.17) is 0 Å². The minimum atomic E-state index is 0.841. The smallest absolute Gasteiger partial charge is 0.126 e. The highest BCUT2D eigenvalue weighted by Gasteiger charge is 2.03. The van der Waals surface area contributed by atoms with Gasteiger partial charge in [0.15, 0.2) is 0 Å². The van der Waals surface area contributed by atoms with Crippen molar-refractivity contribution in [3.05, 3.63) is 41.6 Å². The number of nitrogens with one attached hydrogen (secondary N) is 1. The van der Waals surface area contributed by atoms with E-state index in [2.05, 4.69) is 39.8 Å². The Hall–Kier alpha value is -1.84. The lowest BCUT2D eigenvalue weighted by molar-refractivity contribution is 0.767. The minimum absolute atomic E-state index is 0.841. The van der Waals surface area contributed by atoms with Crippen molar-refractivity contribution in [2.45, 2.75) is 27.3 Å². The molecule has 0 bridgehead atoms. The number of rotatable bonds is 4. The van der Waals surface area contributed by atoms with Gasteiger partial charge < -0.3 is 9.88 Å². The second-order valence-corrected chi connectivity index (χ2v) is 4.12. The Morgan fingerprint density at radius 2 is 2.12 bits per heavy atom. The predicted octanol–water partition coefficient (Wildman–Crippen LogP) is 2.38. The molecule has 0 aliphatic rings. The monoisotopic (exact) mass is 230 g/mol. The highest BCUT2D eigenvalue weighted by Crippen LogP contribution is 2.11. The fraction of sp³-hybridized carbons (Fsp3) is 0.385. The molecule has 2 aromatic rings. The zero-order valence-electron chi connectivity index (χ0n) is 10.6. The van der Waals surface area contributed by atoms with E-state index >= 15 is 0 Å². The van der Waals surface area contributed by atoms with Crippen molar-refractivity contribution in [2.75, 3.05) is 11.9 Å². The van der Waals surface area contributed by atoms with Gasteiger partial charge in [0, 0.05) is 25.0 Å². The Kier molecular flexibility index (Phi) is 3.42. The average Bonchev–Trinajstić information content (AvgIpc) is 2.62. The van der Waals surface area contributed by atoms with Crippen LogP contribution in [0.5, 0.6) is 0 Å². The highest BCUT2D eigenvalue weighted by atomic mass is 15.1. The third-order valence-corrected chi connectivity index (χ3v) is 2.88. The zero-order valence-corrected chi connectivity index (χ0v) is 10.6. The summed E-state index contributed by atoms with van der Waals surface area (Å²) in [5.74, 6) is 0.930. The molecule has 90 valence electrons. The summed E-state index contributed by atoms with van der Waals surface area (Å²) in [6.45, 7) is 7.92. The molecule has 4 heteroatoms. The van der Waals surface area contributed by atoms with E-state index in [-0.39, 0.29) is 0 Å². The number of anilines is 1. The van der Waals surface area contributed by atoms with Crippen LogP contribution in [0.25, 0.3) is 0 Å². The van der Waals surface area contributed by atoms with Gasteiger partial charge in [0.2, 0.25) is 0 Å². The maximum Gasteiger partial charge on any atom is 0.126 e. The molecule has 4 nitrogen and oxygen atoms in total. The molecule has 0 atom stereocenters. The van der Waals surface area contributed by atoms with Crippen molar-refractivity contribution in [1.29, 1.82) is 0 Å². The zero-order chi connectivity index (χ0) is 12.3. The number of aromatic nitrogens is 3. The summed E-state index contributed by atoms with van der Waals surface area (Å²) >= 11 is 0. The maximum atomic E-state index is 4.30. The van der Waals surface area contributed by atoms with Gasteiger partial charge in [0.25, 0.3) is 0 Å². The normalized spacial score (nSPS) is 10.5. The Labute approximate surface area is 102 Å². The van der Waals surface area contributed by atoms with Crippen molar-refractivity contribution < 1.29 is 0 Å². The molecule has 1 N–H and O–H groups in total. The molecule has 2 heterocycles. The third-order valence-electron chi connectivity index (χ3n) is 2.88. The molecule has 2 aromatic heterocycles. The summed E-state index contributed by atoms with van der Waals surface area (Å²) in [4.78, 5) is 8.57. The molecule has 0 saturated carbocycles. The van der Waals surface area contributed by atoms with Gasteiger partial charge in [-0.15, -0.1) is 0 Å². The van der Waals surface area contributed by atoms with Crippen molar-refractivity contribution in [3.8, 4) is 0 Å². The van der Waals surface area contributed by atoms with E-state index in [1.54, 1.807) is 0 Å². The topological polar surface area (TPSA) is 42.7 Å². The first kappa shape index (κ1) is 11.6. The molecule has 0 saturated heterocycles. The number of hydrogen-bond donors (Lipinski definition) is 1. The van der Waals surface area contributed by atoms with Gasteiger partial charge in [0.05, 0.1) is 12.0 Å². The van der Waals surface area contributed by atoms with Crippen LogP contribution in [0.4, 0.5) is 5.82 Å². The Morgan fingerprint density at radius 3 is 2.76 bits per heavy atom. The van der Waals surface area contributed by atoms with Crippen LogP contribution < -0.4 is 5.32 Å². The Morgan fingerprint density at radius 1 is 1.29 bits per heavy atom. The first-order valence-electron chi connectivity index (χ1n) is 5.88. The fourth-order valence-corrected chi connectivity index (χ4v) is 1.75. The maximum absolute atomic E-state index is 4.30. The second kappa shape index (κ2) is 4.99. The summed E-state index contributed by atoms with van der Waals surface area (Å²) in [6.07, 6.45) is 3.73. The van der Waals surface area contributed by atoms with Gasteiger partial charge in [-0.1, -0.05) is 0 Å². The van der Waals surface area contributed by atoms with E-state index in [1.165, 1.54) is 11.3 Å². The summed E-state index contributed by atoms with van der Waals surface area (Å²) in [5.41, 5.74) is 3.54. The van der Waals surface area contributed by atoms with Gasteiger partial charge in [-0.3, -0.25) is 0 Å². The molecule has 0 aromatic carbocycles. The lowest BCUT2D eigenvalue weighted by atomic mass is 10.2. The molecule has 0 aliphatic heterocycles. The van der Waals surface area contributed by atoms with Gasteiger partial charge in [0.1, 0.15) is 5.82 Å². The van der Waals surface area contributed by atoms with E-state index < -0.39 is 0 Å². The molecule has 0 aliphatic carbocycles. The van der Waals surface area contributed by atoms with Gasteiger partial charge in [-0.05, 0) is 38.5 Å². The summed E-state index contributed by atoms with van der Waals surface area (Å²) in [5, 5.41) is 3.22. The van der Waals surface area contributed by atoms with Crippen LogP contribution in [0.3, 0.4) is 0 Å². The standard InChI is InChI=1S/C13H18N4/c1-4-14-13-7-12(5-6-15-13)8-17-9-16-10(2)11(17)3/h5-7,9H,4,8H2,1-3H3,(H,14,15). The molecule has 0 radical (unpaired) electrons. The first-order valence-corrected chi connectivity index (χ1v) is 5.88. The third kappa shape index (κ3) is 2.64. The summed E-state index contributed by atoms with van der Waals surface area (Å²) in [6, 6.07) is 4.12. The molecular formula is C13H18N4. The highest BCUT2D eigenvalue weighted by molar-refractivity contribution is 5.37.